The van der Waals surface area contributed by atoms with Crippen LogP contribution >= 0.6 is 0 Å². The maximum absolute atomic E-state index is 13.8. The van der Waals surface area contributed by atoms with E-state index in [0.717, 1.165) is 12.4 Å². The van der Waals surface area contributed by atoms with Crippen molar-refractivity contribution in [3.05, 3.63) is 51.5 Å². The second-order valence-corrected chi connectivity index (χ2v) is 11.1. The van der Waals surface area contributed by atoms with E-state index in [1.54, 1.807) is 14.1 Å². The standard InChI is InChI=1S/C28H33N5O8/c1-12-31-6-7-33(12)11-30-10-18(35)14-4-5-17(34)20-15(14)8-13-9-16-22(32(2)3)24(37)21(27(29)40)26(39)28(16,41)25(38)19(13)23(20)36/h4-5,13,16,22,30,34,37-38,41H,6-11H2,1-3H3,(H2,29,40)/t13-,16-,22-,28-/m0/s1. The zero-order valence-electron chi connectivity index (χ0n) is 23.0. The molecule has 1 aromatic rings. The Morgan fingerprint density at radius 2 is 1.93 bits per heavy atom. The molecule has 0 spiro atoms. The van der Waals surface area contributed by atoms with Gasteiger partial charge in [0.05, 0.1) is 37.2 Å². The Labute approximate surface area is 235 Å². The number of likely N-dealkylation sites (N-methyl/N-ethyl adjacent to an activating group) is 1. The molecule has 1 heterocycles. The number of nitrogens with one attached hydrogen (secondary N) is 1. The van der Waals surface area contributed by atoms with Gasteiger partial charge in [0, 0.05) is 23.6 Å². The number of aromatic hydroxyl groups is 1. The monoisotopic (exact) mass is 567 g/mol. The zero-order chi connectivity index (χ0) is 30.0. The molecule has 1 amide bonds. The van der Waals surface area contributed by atoms with Gasteiger partial charge in [-0.2, -0.15) is 0 Å². The molecule has 218 valence electrons. The van der Waals surface area contributed by atoms with Crippen molar-refractivity contribution < 1.29 is 39.6 Å². The first kappa shape index (κ1) is 28.5. The van der Waals surface area contributed by atoms with Gasteiger partial charge in [-0.3, -0.25) is 34.4 Å². The third-order valence-corrected chi connectivity index (χ3v) is 8.66. The molecule has 13 heteroatoms. The second-order valence-electron chi connectivity index (χ2n) is 11.1. The molecule has 13 nitrogen and oxygen atoms in total. The Balaban J connectivity index is 1.53. The van der Waals surface area contributed by atoms with Crippen LogP contribution in [0.2, 0.25) is 0 Å². The minimum atomic E-state index is -2.71. The van der Waals surface area contributed by atoms with Crippen molar-refractivity contribution in [1.82, 2.24) is 15.1 Å². The topological polar surface area (TPSA) is 206 Å². The Kier molecular flexibility index (Phi) is 7.00. The number of nitrogens with zero attached hydrogens (tertiary/aromatic N) is 3. The number of nitrogens with two attached hydrogens (primary N) is 1. The number of rotatable bonds is 7. The molecule has 4 aliphatic rings. The number of phenols is 1. The summed E-state index contributed by atoms with van der Waals surface area (Å²) in [7, 11) is 3.12. The van der Waals surface area contributed by atoms with Crippen LogP contribution in [0.1, 0.15) is 39.6 Å². The number of aliphatic hydroxyl groups excluding tert-OH is 2. The number of hydrogen-bond donors (Lipinski definition) is 6. The van der Waals surface area contributed by atoms with Gasteiger partial charge < -0.3 is 31.1 Å². The van der Waals surface area contributed by atoms with Crippen LogP contribution in [0.25, 0.3) is 0 Å². The van der Waals surface area contributed by atoms with E-state index in [9.17, 15) is 39.6 Å². The fourth-order valence-electron chi connectivity index (χ4n) is 6.70. The highest BCUT2D eigenvalue weighted by molar-refractivity contribution is 6.25. The molecule has 4 atom stereocenters. The number of hydrogen-bond acceptors (Lipinski definition) is 12. The predicted molar refractivity (Wildman–Crippen MR) is 146 cm³/mol. The number of aliphatic hydroxyl groups is 3. The first-order valence-corrected chi connectivity index (χ1v) is 13.3. The van der Waals surface area contributed by atoms with Gasteiger partial charge in [-0.1, -0.05) is 0 Å². The van der Waals surface area contributed by atoms with Crippen LogP contribution in [0, 0.1) is 11.8 Å². The fraction of sp³-hybridized carbons (Fsp3) is 0.464. The fourth-order valence-corrected chi connectivity index (χ4v) is 6.70. The van der Waals surface area contributed by atoms with Gasteiger partial charge in [-0.15, -0.1) is 0 Å². The second kappa shape index (κ2) is 10.1. The number of carbonyl (C=O) groups excluding carboxylic acids is 4. The van der Waals surface area contributed by atoms with Gasteiger partial charge in [-0.25, -0.2) is 0 Å². The van der Waals surface area contributed by atoms with Crippen molar-refractivity contribution in [2.45, 2.75) is 31.4 Å². The number of aliphatic imine (C=N–C) groups is 1. The van der Waals surface area contributed by atoms with E-state index in [-0.39, 0.29) is 41.9 Å². The summed E-state index contributed by atoms with van der Waals surface area (Å²) in [4.78, 5) is 60.3. The first-order valence-electron chi connectivity index (χ1n) is 13.3. The quantitative estimate of drug-likeness (QED) is 0.184. The molecule has 1 aromatic carbocycles. The lowest BCUT2D eigenvalue weighted by Crippen LogP contribution is -2.63. The lowest BCUT2D eigenvalue weighted by atomic mass is 9.58. The molecule has 0 saturated heterocycles. The lowest BCUT2D eigenvalue weighted by Gasteiger charge is -2.50. The Morgan fingerprint density at radius 3 is 2.54 bits per heavy atom. The van der Waals surface area contributed by atoms with Crippen molar-refractivity contribution in [3.63, 3.8) is 0 Å². The van der Waals surface area contributed by atoms with E-state index in [1.165, 1.54) is 17.0 Å². The number of phenolic OH excluding ortho intramolecular Hbond substituents is 1. The number of Topliss-reactive ketones (excluding diaryl/α,β-unsaturated/α-hetero) is 3. The maximum atomic E-state index is 13.8. The number of amides is 1. The summed E-state index contributed by atoms with van der Waals surface area (Å²) in [6, 6.07) is 1.58. The summed E-state index contributed by atoms with van der Waals surface area (Å²) in [5, 5.41) is 47.7. The Hall–Kier alpha value is -4.07. The van der Waals surface area contributed by atoms with Crippen LogP contribution in [0.5, 0.6) is 5.75 Å². The van der Waals surface area contributed by atoms with Crippen LogP contribution in [0.4, 0.5) is 0 Å². The van der Waals surface area contributed by atoms with Crippen molar-refractivity contribution in [3.8, 4) is 5.75 Å². The predicted octanol–water partition coefficient (Wildman–Crippen LogP) is -0.416. The number of ketones is 3. The highest BCUT2D eigenvalue weighted by atomic mass is 16.3. The Bertz CT molecular complexity index is 1480. The van der Waals surface area contributed by atoms with E-state index in [4.69, 9.17) is 5.73 Å². The van der Waals surface area contributed by atoms with Crippen molar-refractivity contribution in [2.75, 3.05) is 40.4 Å². The highest BCUT2D eigenvalue weighted by Gasteiger charge is 2.63. The number of allylic oxidation sites excluding steroid dienone is 1. The molecule has 0 radical (unpaired) electrons. The number of benzene rings is 1. The summed E-state index contributed by atoms with van der Waals surface area (Å²) in [6.45, 7) is 3.68. The van der Waals surface area contributed by atoms with Crippen LogP contribution in [0.3, 0.4) is 0 Å². The molecule has 41 heavy (non-hydrogen) atoms. The van der Waals surface area contributed by atoms with Crippen LogP contribution in [-0.4, -0.2) is 111 Å². The van der Waals surface area contributed by atoms with E-state index in [1.807, 2.05) is 11.8 Å². The smallest absolute Gasteiger partial charge is 0.255 e. The number of carbonyl (C=O) groups is 4. The first-order chi connectivity index (χ1) is 19.3. The Morgan fingerprint density at radius 1 is 1.22 bits per heavy atom. The van der Waals surface area contributed by atoms with Crippen LogP contribution < -0.4 is 11.1 Å². The molecule has 1 aliphatic heterocycles. The van der Waals surface area contributed by atoms with Crippen LogP contribution in [0.15, 0.2) is 39.8 Å². The lowest BCUT2D eigenvalue weighted by molar-refractivity contribution is -0.148. The van der Waals surface area contributed by atoms with E-state index in [2.05, 4.69) is 10.3 Å². The van der Waals surface area contributed by atoms with Gasteiger partial charge >= 0.3 is 0 Å². The third-order valence-electron chi connectivity index (χ3n) is 8.66. The summed E-state index contributed by atoms with van der Waals surface area (Å²) < 4.78 is 0. The molecule has 0 saturated carbocycles. The van der Waals surface area contributed by atoms with E-state index < -0.39 is 63.8 Å². The van der Waals surface area contributed by atoms with Gasteiger partial charge in [0.15, 0.2) is 17.2 Å². The molecular formula is C28H33N5O8. The minimum Gasteiger partial charge on any atom is -0.510 e. The average Bonchev–Trinajstić information content (AvgIpc) is 3.30. The SMILES string of the molecule is CC1=NCCN1CNCC(=O)c1ccc(O)c2c1C[C@H]1C[C@H]3[C@H](N(C)C)C(O)=C(C(N)=O)C(=O)[C@@]3(O)C(O)=C1C2=O. The van der Waals surface area contributed by atoms with Gasteiger partial charge in [0.1, 0.15) is 22.8 Å². The van der Waals surface area contributed by atoms with Crippen LogP contribution in [-0.2, 0) is 16.0 Å². The number of fused-ring (bicyclic) bond motifs is 3. The van der Waals surface area contributed by atoms with Gasteiger partial charge in [0.2, 0.25) is 5.78 Å². The third kappa shape index (κ3) is 4.23. The molecule has 3 aliphatic carbocycles. The number of amidine groups is 1. The minimum absolute atomic E-state index is 0.0397. The molecule has 7 N–H and O–H groups in total. The summed E-state index contributed by atoms with van der Waals surface area (Å²) in [6.07, 6.45) is -0.0111. The normalized spacial score (nSPS) is 27.6. The molecular weight excluding hydrogens is 534 g/mol. The highest BCUT2D eigenvalue weighted by Crippen LogP contribution is 2.52. The largest absolute Gasteiger partial charge is 0.510 e. The molecule has 0 unspecified atom stereocenters. The van der Waals surface area contributed by atoms with E-state index in [0.29, 0.717) is 18.8 Å². The maximum Gasteiger partial charge on any atom is 0.255 e. The number of primary amides is 1. The van der Waals surface area contributed by atoms with Crippen molar-refractivity contribution in [2.24, 2.45) is 22.6 Å². The molecule has 0 aromatic heterocycles. The zero-order valence-corrected chi connectivity index (χ0v) is 23.0. The van der Waals surface area contributed by atoms with Crippen molar-refractivity contribution >= 4 is 29.1 Å². The van der Waals surface area contributed by atoms with E-state index >= 15 is 0 Å². The molecule has 0 fully saturated rings. The van der Waals surface area contributed by atoms with Gasteiger partial charge in [0.25, 0.3) is 5.91 Å². The summed E-state index contributed by atoms with van der Waals surface area (Å²) >= 11 is 0. The summed E-state index contributed by atoms with van der Waals surface area (Å²) in [5.41, 5.74) is 1.84. The van der Waals surface area contributed by atoms with Crippen molar-refractivity contribution in [1.29, 1.82) is 0 Å². The molecule has 5 rings (SSSR count). The molecule has 0 bridgehead atoms. The average molecular weight is 568 g/mol. The van der Waals surface area contributed by atoms with Gasteiger partial charge in [-0.05, 0) is 57.5 Å². The summed E-state index contributed by atoms with van der Waals surface area (Å²) in [5.74, 6) is -6.76.